The van der Waals surface area contributed by atoms with Crippen molar-refractivity contribution in [2.24, 2.45) is 5.92 Å². The lowest BCUT2D eigenvalue weighted by Gasteiger charge is -2.29. The Morgan fingerprint density at radius 2 is 1.60 bits per heavy atom. The van der Waals surface area contributed by atoms with Gasteiger partial charge in [0, 0.05) is 23.0 Å². The Labute approximate surface area is 149 Å². The van der Waals surface area contributed by atoms with Crippen molar-refractivity contribution in [1.29, 1.82) is 0 Å². The fourth-order valence-corrected chi connectivity index (χ4v) is 3.05. The van der Waals surface area contributed by atoms with Crippen molar-refractivity contribution in [2.45, 2.75) is 12.8 Å². The van der Waals surface area contributed by atoms with Gasteiger partial charge in [0.1, 0.15) is 0 Å². The number of terminal acetylenes is 1. The van der Waals surface area contributed by atoms with Crippen molar-refractivity contribution in [3.63, 3.8) is 0 Å². The monoisotopic (exact) mass is 333 g/mol. The van der Waals surface area contributed by atoms with E-state index in [1.54, 1.807) is 0 Å². The number of nitrogens with zero attached hydrogens (tertiary/aromatic N) is 1. The number of piperidine rings is 1. The molecule has 128 valence electrons. The van der Waals surface area contributed by atoms with E-state index in [2.05, 4.69) is 21.5 Å². The Morgan fingerprint density at radius 3 is 2.24 bits per heavy atom. The number of hydrogen-bond acceptors (Lipinski definition) is 3. The van der Waals surface area contributed by atoms with Gasteiger partial charge < -0.3 is 10.6 Å². The predicted molar refractivity (Wildman–Crippen MR) is 103 cm³/mol. The maximum Gasteiger partial charge on any atom is 0.227 e. The number of anilines is 3. The van der Waals surface area contributed by atoms with Crippen molar-refractivity contribution in [3.8, 4) is 12.3 Å². The van der Waals surface area contributed by atoms with Gasteiger partial charge >= 0.3 is 0 Å². The number of rotatable bonds is 5. The van der Waals surface area contributed by atoms with Gasteiger partial charge in [-0.05, 0) is 62.3 Å². The molecule has 2 aromatic rings. The third-order valence-electron chi connectivity index (χ3n) is 4.49. The fraction of sp³-hybridized carbons (Fsp3) is 0.286. The SMILES string of the molecule is C#CCN1CCC(C(=O)Nc2ccc(Nc3ccccc3)cc2)CC1. The Bertz CT molecular complexity index is 726. The molecule has 4 nitrogen and oxygen atoms in total. The average molecular weight is 333 g/mol. The number of likely N-dealkylation sites (tertiary alicyclic amines) is 1. The van der Waals surface area contributed by atoms with E-state index in [1.165, 1.54) is 0 Å². The number of nitrogens with one attached hydrogen (secondary N) is 2. The van der Waals surface area contributed by atoms with Crippen LogP contribution in [0.2, 0.25) is 0 Å². The first-order valence-corrected chi connectivity index (χ1v) is 8.63. The van der Waals surface area contributed by atoms with Crippen LogP contribution in [0.1, 0.15) is 12.8 Å². The first kappa shape index (κ1) is 17.1. The Hall–Kier alpha value is -2.77. The fourth-order valence-electron chi connectivity index (χ4n) is 3.05. The lowest BCUT2D eigenvalue weighted by Crippen LogP contribution is -2.38. The van der Waals surface area contributed by atoms with Crippen molar-refractivity contribution in [3.05, 3.63) is 54.6 Å². The molecule has 25 heavy (non-hydrogen) atoms. The summed E-state index contributed by atoms with van der Waals surface area (Å²) in [6.45, 7) is 2.45. The molecule has 2 aromatic carbocycles. The molecule has 1 amide bonds. The molecule has 1 heterocycles. The highest BCUT2D eigenvalue weighted by atomic mass is 16.1. The first-order valence-electron chi connectivity index (χ1n) is 8.63. The van der Waals surface area contributed by atoms with Gasteiger partial charge in [0.15, 0.2) is 0 Å². The number of benzene rings is 2. The molecule has 1 fully saturated rings. The van der Waals surface area contributed by atoms with Crippen molar-refractivity contribution in [1.82, 2.24) is 4.90 Å². The zero-order chi connectivity index (χ0) is 17.5. The molecule has 1 saturated heterocycles. The van der Waals surface area contributed by atoms with Gasteiger partial charge in [0.05, 0.1) is 6.54 Å². The van der Waals surface area contributed by atoms with Crippen molar-refractivity contribution in [2.75, 3.05) is 30.3 Å². The molecule has 0 atom stereocenters. The van der Waals surface area contributed by atoms with E-state index in [9.17, 15) is 4.79 Å². The van der Waals surface area contributed by atoms with Crippen LogP contribution in [0, 0.1) is 18.3 Å². The maximum atomic E-state index is 12.4. The summed E-state index contributed by atoms with van der Waals surface area (Å²) in [4.78, 5) is 14.6. The van der Waals surface area contributed by atoms with Crippen LogP contribution in [0.15, 0.2) is 54.6 Å². The summed E-state index contributed by atoms with van der Waals surface area (Å²) in [6.07, 6.45) is 7.07. The maximum absolute atomic E-state index is 12.4. The summed E-state index contributed by atoms with van der Waals surface area (Å²) in [5, 5.41) is 6.35. The quantitative estimate of drug-likeness (QED) is 0.820. The highest BCUT2D eigenvalue weighted by Gasteiger charge is 2.24. The van der Waals surface area contributed by atoms with E-state index < -0.39 is 0 Å². The lowest BCUT2D eigenvalue weighted by atomic mass is 9.96. The largest absolute Gasteiger partial charge is 0.356 e. The van der Waals surface area contributed by atoms with Gasteiger partial charge in [-0.1, -0.05) is 24.1 Å². The molecule has 1 aliphatic heterocycles. The predicted octanol–water partition coefficient (Wildman–Crippen LogP) is 3.71. The second-order valence-corrected chi connectivity index (χ2v) is 6.31. The summed E-state index contributed by atoms with van der Waals surface area (Å²) in [7, 11) is 0. The minimum absolute atomic E-state index is 0.0659. The van der Waals surface area contributed by atoms with Crippen LogP contribution in [0.25, 0.3) is 0 Å². The molecule has 3 rings (SSSR count). The molecule has 0 bridgehead atoms. The Morgan fingerprint density at radius 1 is 1.00 bits per heavy atom. The molecular weight excluding hydrogens is 310 g/mol. The number of carbonyl (C=O) groups excluding carboxylic acids is 1. The second-order valence-electron chi connectivity index (χ2n) is 6.31. The van der Waals surface area contributed by atoms with Gasteiger partial charge in [-0.2, -0.15) is 0 Å². The molecule has 2 N–H and O–H groups in total. The normalized spacial score (nSPS) is 15.3. The van der Waals surface area contributed by atoms with Gasteiger partial charge in [-0.15, -0.1) is 6.42 Å². The van der Waals surface area contributed by atoms with Crippen LogP contribution in [-0.4, -0.2) is 30.4 Å². The Kier molecular flexibility index (Phi) is 5.71. The van der Waals surface area contributed by atoms with Gasteiger partial charge in [0.2, 0.25) is 5.91 Å². The van der Waals surface area contributed by atoms with E-state index in [0.717, 1.165) is 43.0 Å². The number of para-hydroxylation sites is 1. The summed E-state index contributed by atoms with van der Waals surface area (Å²) in [5.74, 6) is 2.83. The molecule has 0 radical (unpaired) electrons. The Balaban J connectivity index is 1.51. The third kappa shape index (κ3) is 4.85. The van der Waals surface area contributed by atoms with Crippen molar-refractivity contribution < 1.29 is 4.79 Å². The molecule has 0 saturated carbocycles. The number of amides is 1. The van der Waals surface area contributed by atoms with Crippen LogP contribution in [0.4, 0.5) is 17.1 Å². The van der Waals surface area contributed by atoms with Crippen LogP contribution in [-0.2, 0) is 4.79 Å². The van der Waals surface area contributed by atoms with Gasteiger partial charge in [-0.3, -0.25) is 9.69 Å². The summed E-state index contributed by atoms with van der Waals surface area (Å²) in [6, 6.07) is 17.8. The van der Waals surface area contributed by atoms with Gasteiger partial charge in [0.25, 0.3) is 0 Å². The minimum Gasteiger partial charge on any atom is -0.356 e. The zero-order valence-electron chi connectivity index (χ0n) is 14.2. The van der Waals surface area contributed by atoms with Crippen LogP contribution < -0.4 is 10.6 Å². The summed E-state index contributed by atoms with van der Waals surface area (Å²) in [5.41, 5.74) is 2.86. The summed E-state index contributed by atoms with van der Waals surface area (Å²) >= 11 is 0. The van der Waals surface area contributed by atoms with Crippen LogP contribution in [0.5, 0.6) is 0 Å². The van der Waals surface area contributed by atoms with E-state index in [1.807, 2.05) is 54.6 Å². The van der Waals surface area contributed by atoms with Crippen LogP contribution >= 0.6 is 0 Å². The van der Waals surface area contributed by atoms with E-state index >= 15 is 0 Å². The molecule has 0 aromatic heterocycles. The molecule has 1 aliphatic rings. The topological polar surface area (TPSA) is 44.4 Å². The van der Waals surface area contributed by atoms with Crippen molar-refractivity contribution >= 4 is 23.0 Å². The second kappa shape index (κ2) is 8.36. The van der Waals surface area contributed by atoms with E-state index in [-0.39, 0.29) is 11.8 Å². The van der Waals surface area contributed by atoms with E-state index in [0.29, 0.717) is 6.54 Å². The molecule has 0 spiro atoms. The van der Waals surface area contributed by atoms with E-state index in [4.69, 9.17) is 6.42 Å². The number of carbonyl (C=O) groups is 1. The average Bonchev–Trinajstić information content (AvgIpc) is 2.65. The van der Waals surface area contributed by atoms with Gasteiger partial charge in [-0.25, -0.2) is 0 Å². The first-order chi connectivity index (χ1) is 12.2. The molecule has 4 heteroatoms. The highest BCUT2D eigenvalue weighted by molar-refractivity contribution is 5.92. The molecular formula is C21H23N3O. The highest BCUT2D eigenvalue weighted by Crippen LogP contribution is 2.21. The molecule has 0 unspecified atom stereocenters. The molecule has 0 aliphatic carbocycles. The third-order valence-corrected chi connectivity index (χ3v) is 4.49. The standard InChI is InChI=1S/C21H23N3O/c1-2-14-24-15-12-17(13-16-24)21(25)23-20-10-8-19(9-11-20)22-18-6-4-3-5-7-18/h1,3-11,17,22H,12-16H2,(H,23,25). The summed E-state index contributed by atoms with van der Waals surface area (Å²) < 4.78 is 0. The zero-order valence-corrected chi connectivity index (χ0v) is 14.2. The van der Waals surface area contributed by atoms with Crippen LogP contribution in [0.3, 0.4) is 0 Å². The smallest absolute Gasteiger partial charge is 0.227 e. The minimum atomic E-state index is 0.0659. The lowest BCUT2D eigenvalue weighted by molar-refractivity contribution is -0.121. The number of hydrogen-bond donors (Lipinski definition) is 2.